The number of rotatable bonds is 3. The summed E-state index contributed by atoms with van der Waals surface area (Å²) in [6.45, 7) is 3.10. The summed E-state index contributed by atoms with van der Waals surface area (Å²) in [5.74, 6) is -0.104. The van der Waals surface area contributed by atoms with E-state index in [4.69, 9.17) is 11.5 Å². The van der Waals surface area contributed by atoms with Crippen LogP contribution in [-0.2, 0) is 16.9 Å². The molecule has 0 bridgehead atoms. The second kappa shape index (κ2) is 3.99. The number of hydrogen-bond donors (Lipinski definition) is 3. The molecule has 1 heterocycles. The van der Waals surface area contributed by atoms with Crippen LogP contribution in [0.4, 0.5) is 5.69 Å². The number of anilines is 1. The van der Waals surface area contributed by atoms with E-state index in [1.807, 2.05) is 0 Å². The first kappa shape index (κ1) is 12.4. The summed E-state index contributed by atoms with van der Waals surface area (Å²) in [7, 11) is 0. The van der Waals surface area contributed by atoms with Gasteiger partial charge in [0.1, 0.15) is 18.0 Å². The van der Waals surface area contributed by atoms with Gasteiger partial charge in [0.15, 0.2) is 0 Å². The smallest absolute Gasteiger partial charge is 0.243 e. The van der Waals surface area contributed by atoms with Crippen LogP contribution in [0, 0.1) is 0 Å². The van der Waals surface area contributed by atoms with Crippen molar-refractivity contribution in [3.63, 3.8) is 0 Å². The number of aromatic nitrogens is 2. The monoisotopic (exact) mass is 248 g/mol. The lowest BCUT2D eigenvalue weighted by atomic mass is 10.0. The van der Waals surface area contributed by atoms with Crippen molar-refractivity contribution in [1.29, 1.82) is 0 Å². The van der Waals surface area contributed by atoms with Crippen LogP contribution in [0.25, 0.3) is 11.0 Å². The number of carbonyl (C=O) groups is 1. The number of hydrogen-bond acceptors (Lipinski definition) is 4. The average molecular weight is 248 g/mol. The minimum absolute atomic E-state index is 0.273. The highest BCUT2D eigenvalue weighted by Crippen LogP contribution is 2.26. The molecule has 2 aromatic rings. The number of carbonyl (C=O) groups excluding carboxylic acids is 1. The van der Waals surface area contributed by atoms with Crippen LogP contribution in [0.1, 0.15) is 19.7 Å². The number of aliphatic hydroxyl groups excluding tert-OH is 1. The molecule has 0 unspecified atom stereocenters. The van der Waals surface area contributed by atoms with Gasteiger partial charge in [0, 0.05) is 5.69 Å². The van der Waals surface area contributed by atoms with Gasteiger partial charge in [-0.15, -0.1) is 0 Å². The van der Waals surface area contributed by atoms with E-state index in [-0.39, 0.29) is 6.61 Å². The molecule has 0 aliphatic heterocycles. The van der Waals surface area contributed by atoms with Gasteiger partial charge in [-0.05, 0) is 32.0 Å². The second-order valence-corrected chi connectivity index (χ2v) is 4.69. The van der Waals surface area contributed by atoms with Crippen molar-refractivity contribution in [3.8, 4) is 0 Å². The van der Waals surface area contributed by atoms with Gasteiger partial charge in [-0.1, -0.05) is 0 Å². The van der Waals surface area contributed by atoms with E-state index < -0.39 is 11.4 Å². The van der Waals surface area contributed by atoms with E-state index in [2.05, 4.69) is 4.98 Å². The number of aliphatic hydroxyl groups is 1. The van der Waals surface area contributed by atoms with Crippen molar-refractivity contribution < 1.29 is 9.90 Å². The fourth-order valence-corrected chi connectivity index (χ4v) is 1.99. The van der Waals surface area contributed by atoms with Crippen molar-refractivity contribution in [1.82, 2.24) is 9.55 Å². The predicted octanol–water partition coefficient (Wildman–Crippen LogP) is 0.331. The summed E-state index contributed by atoms with van der Waals surface area (Å²) in [5, 5.41) is 9.37. The molecule has 1 aromatic heterocycles. The first-order chi connectivity index (χ1) is 8.37. The fraction of sp³-hybridized carbons (Fsp3) is 0.333. The van der Waals surface area contributed by atoms with E-state index >= 15 is 0 Å². The van der Waals surface area contributed by atoms with Crippen molar-refractivity contribution >= 4 is 22.6 Å². The van der Waals surface area contributed by atoms with Gasteiger partial charge in [0.25, 0.3) is 0 Å². The summed E-state index contributed by atoms with van der Waals surface area (Å²) >= 11 is 0. The number of nitrogens with zero attached hydrogens (tertiary/aromatic N) is 2. The Morgan fingerprint density at radius 3 is 2.72 bits per heavy atom. The minimum Gasteiger partial charge on any atom is -0.399 e. The summed E-state index contributed by atoms with van der Waals surface area (Å²) in [6.07, 6.45) is 0. The summed E-state index contributed by atoms with van der Waals surface area (Å²) in [6, 6.07) is 5.18. The quantitative estimate of drug-likeness (QED) is 0.680. The number of nitrogen functional groups attached to an aromatic ring is 1. The molecule has 96 valence electrons. The molecular weight excluding hydrogens is 232 g/mol. The highest BCUT2D eigenvalue weighted by atomic mass is 16.3. The van der Waals surface area contributed by atoms with E-state index in [1.54, 1.807) is 36.6 Å². The van der Waals surface area contributed by atoms with Crippen LogP contribution in [0.2, 0.25) is 0 Å². The Kier molecular flexibility index (Phi) is 2.74. The summed E-state index contributed by atoms with van der Waals surface area (Å²) in [4.78, 5) is 15.8. The minimum atomic E-state index is -0.969. The summed E-state index contributed by atoms with van der Waals surface area (Å²) in [5.41, 5.74) is 12.1. The third-order valence-corrected chi connectivity index (χ3v) is 3.05. The Balaban J connectivity index is 2.79. The average Bonchev–Trinajstić information content (AvgIpc) is 2.66. The Morgan fingerprint density at radius 1 is 1.50 bits per heavy atom. The zero-order valence-electron chi connectivity index (χ0n) is 10.3. The molecule has 0 radical (unpaired) electrons. The Morgan fingerprint density at radius 2 is 2.17 bits per heavy atom. The van der Waals surface area contributed by atoms with E-state index in [0.717, 1.165) is 5.52 Å². The molecule has 0 saturated carbocycles. The third kappa shape index (κ3) is 1.70. The molecule has 1 aromatic carbocycles. The molecule has 6 nitrogen and oxygen atoms in total. The molecule has 0 aliphatic carbocycles. The maximum absolute atomic E-state index is 11.6. The van der Waals surface area contributed by atoms with Crippen LogP contribution in [0.5, 0.6) is 0 Å². The van der Waals surface area contributed by atoms with Crippen molar-refractivity contribution in [3.05, 3.63) is 24.0 Å². The van der Waals surface area contributed by atoms with Crippen LogP contribution in [0.15, 0.2) is 18.2 Å². The number of fused-ring (bicyclic) bond motifs is 1. The highest BCUT2D eigenvalue weighted by Gasteiger charge is 2.31. The van der Waals surface area contributed by atoms with Crippen LogP contribution < -0.4 is 11.5 Å². The van der Waals surface area contributed by atoms with E-state index in [1.165, 1.54) is 0 Å². The summed E-state index contributed by atoms with van der Waals surface area (Å²) < 4.78 is 1.64. The van der Waals surface area contributed by atoms with Crippen LogP contribution in [-0.4, -0.2) is 20.6 Å². The Labute approximate surface area is 104 Å². The molecule has 0 aliphatic rings. The Bertz CT molecular complexity index is 616. The molecule has 18 heavy (non-hydrogen) atoms. The maximum Gasteiger partial charge on any atom is 0.243 e. The first-order valence-electron chi connectivity index (χ1n) is 5.56. The lowest BCUT2D eigenvalue weighted by molar-refractivity contribution is -0.125. The van der Waals surface area contributed by atoms with Gasteiger partial charge in [-0.2, -0.15) is 0 Å². The normalized spacial score (nSPS) is 11.9. The molecule has 0 atom stereocenters. The lowest BCUT2D eigenvalue weighted by Gasteiger charge is -2.25. The molecule has 5 N–H and O–H groups in total. The molecule has 1 amide bonds. The standard InChI is InChI=1S/C12H16N4O2/c1-12(2,11(14)18)16-9-4-3-7(13)5-8(9)15-10(16)6-17/h3-5,17H,6,13H2,1-2H3,(H2,14,18). The zero-order chi connectivity index (χ0) is 13.5. The van der Waals surface area contributed by atoms with Crippen LogP contribution >= 0.6 is 0 Å². The van der Waals surface area contributed by atoms with Crippen molar-refractivity contribution in [2.75, 3.05) is 5.73 Å². The SMILES string of the molecule is CC(C)(C(N)=O)n1c(CO)nc2cc(N)ccc21. The highest BCUT2D eigenvalue weighted by molar-refractivity contribution is 5.86. The number of amides is 1. The second-order valence-electron chi connectivity index (χ2n) is 4.69. The number of primary amides is 1. The van der Waals surface area contributed by atoms with Gasteiger partial charge < -0.3 is 21.1 Å². The topological polar surface area (TPSA) is 107 Å². The molecular formula is C12H16N4O2. The van der Waals surface area contributed by atoms with Gasteiger partial charge in [-0.25, -0.2) is 4.98 Å². The number of imidazole rings is 1. The fourth-order valence-electron chi connectivity index (χ4n) is 1.99. The zero-order valence-corrected chi connectivity index (χ0v) is 10.3. The predicted molar refractivity (Wildman–Crippen MR) is 68.6 cm³/mol. The molecule has 0 spiro atoms. The number of nitrogens with two attached hydrogens (primary N) is 2. The third-order valence-electron chi connectivity index (χ3n) is 3.05. The largest absolute Gasteiger partial charge is 0.399 e. The van der Waals surface area contributed by atoms with Crippen molar-refractivity contribution in [2.45, 2.75) is 26.0 Å². The molecule has 0 fully saturated rings. The van der Waals surface area contributed by atoms with Gasteiger partial charge >= 0.3 is 0 Å². The molecule has 2 rings (SSSR count). The maximum atomic E-state index is 11.6. The number of benzene rings is 1. The van der Waals surface area contributed by atoms with Crippen LogP contribution in [0.3, 0.4) is 0 Å². The van der Waals surface area contributed by atoms with Gasteiger partial charge in [-0.3, -0.25) is 4.79 Å². The molecule has 0 saturated heterocycles. The first-order valence-corrected chi connectivity index (χ1v) is 5.56. The Hall–Kier alpha value is -2.08. The lowest BCUT2D eigenvalue weighted by Crippen LogP contribution is -2.41. The van der Waals surface area contributed by atoms with E-state index in [0.29, 0.717) is 17.0 Å². The van der Waals surface area contributed by atoms with Crippen molar-refractivity contribution in [2.24, 2.45) is 5.73 Å². The van der Waals surface area contributed by atoms with E-state index in [9.17, 15) is 9.90 Å². The van der Waals surface area contributed by atoms with Gasteiger partial charge in [0.05, 0.1) is 11.0 Å². The van der Waals surface area contributed by atoms with Gasteiger partial charge in [0.2, 0.25) is 5.91 Å². The molecule has 6 heteroatoms.